The Morgan fingerprint density at radius 2 is 2.10 bits per heavy atom. The molecule has 6 heteroatoms. The highest BCUT2D eigenvalue weighted by molar-refractivity contribution is 5.78. The van der Waals surface area contributed by atoms with E-state index in [1.165, 1.54) is 0 Å². The highest BCUT2D eigenvalue weighted by Gasteiger charge is 2.24. The molecule has 0 saturated carbocycles. The molecule has 0 atom stereocenters. The van der Waals surface area contributed by atoms with Crippen LogP contribution < -0.4 is 10.6 Å². The Balaban J connectivity index is 1.92. The minimum absolute atomic E-state index is 0.155. The second-order valence-electron chi connectivity index (χ2n) is 5.51. The Hall–Kier alpha value is -1.69. The van der Waals surface area contributed by atoms with Crippen LogP contribution in [0.15, 0.2) is 6.07 Å². The van der Waals surface area contributed by atoms with E-state index >= 15 is 0 Å². The van der Waals surface area contributed by atoms with Gasteiger partial charge in [0.25, 0.3) is 0 Å². The van der Waals surface area contributed by atoms with Crippen molar-refractivity contribution in [3.63, 3.8) is 0 Å². The van der Waals surface area contributed by atoms with Gasteiger partial charge in [-0.2, -0.15) is 0 Å². The van der Waals surface area contributed by atoms with E-state index in [-0.39, 0.29) is 11.8 Å². The lowest BCUT2D eigenvalue weighted by Crippen LogP contribution is -2.39. The second-order valence-corrected chi connectivity index (χ2v) is 5.51. The standard InChI is InChI=1S/C15H25N5O/c1-4-17-13-9-11(2)18-14(19-13)10-20-7-5-12(6-8-20)15(21)16-3/h9,12H,4-8,10H2,1-3H3,(H,16,21)(H,17,18,19). The fourth-order valence-corrected chi connectivity index (χ4v) is 2.73. The molecule has 2 N–H and O–H groups in total. The van der Waals surface area contributed by atoms with Gasteiger partial charge < -0.3 is 10.6 Å². The molecule has 1 aromatic heterocycles. The topological polar surface area (TPSA) is 70.2 Å². The van der Waals surface area contributed by atoms with Crippen molar-refractivity contribution in [1.29, 1.82) is 0 Å². The van der Waals surface area contributed by atoms with Gasteiger partial charge in [0.15, 0.2) is 0 Å². The van der Waals surface area contributed by atoms with Gasteiger partial charge in [0, 0.05) is 31.3 Å². The third kappa shape index (κ3) is 4.39. The van der Waals surface area contributed by atoms with Gasteiger partial charge in [-0.1, -0.05) is 0 Å². The summed E-state index contributed by atoms with van der Waals surface area (Å²) in [7, 11) is 1.71. The molecule has 0 bridgehead atoms. The molecular formula is C15H25N5O. The maximum absolute atomic E-state index is 11.6. The van der Waals surface area contributed by atoms with E-state index in [2.05, 4.69) is 32.4 Å². The van der Waals surface area contributed by atoms with Crippen LogP contribution in [0.3, 0.4) is 0 Å². The molecule has 1 aromatic rings. The summed E-state index contributed by atoms with van der Waals surface area (Å²) in [5.74, 6) is 2.06. The third-order valence-corrected chi connectivity index (χ3v) is 3.83. The molecule has 1 fully saturated rings. The molecule has 1 aliphatic rings. The zero-order valence-electron chi connectivity index (χ0n) is 13.1. The molecule has 0 aliphatic carbocycles. The zero-order chi connectivity index (χ0) is 15.2. The molecule has 0 aromatic carbocycles. The van der Waals surface area contributed by atoms with Crippen LogP contribution in [-0.4, -0.2) is 47.5 Å². The summed E-state index contributed by atoms with van der Waals surface area (Å²) in [4.78, 5) is 23.0. The van der Waals surface area contributed by atoms with E-state index in [4.69, 9.17) is 0 Å². The quantitative estimate of drug-likeness (QED) is 0.852. The summed E-state index contributed by atoms with van der Waals surface area (Å²) in [5, 5.41) is 5.97. The number of aryl methyl sites for hydroxylation is 1. The largest absolute Gasteiger partial charge is 0.370 e. The normalized spacial score (nSPS) is 16.7. The molecule has 0 radical (unpaired) electrons. The van der Waals surface area contributed by atoms with E-state index in [9.17, 15) is 4.79 Å². The lowest BCUT2D eigenvalue weighted by atomic mass is 9.96. The zero-order valence-corrected chi connectivity index (χ0v) is 13.1. The summed E-state index contributed by atoms with van der Waals surface area (Å²) in [6.07, 6.45) is 1.82. The predicted molar refractivity (Wildman–Crippen MR) is 83.0 cm³/mol. The molecule has 21 heavy (non-hydrogen) atoms. The van der Waals surface area contributed by atoms with E-state index in [1.807, 2.05) is 13.0 Å². The first kappa shape index (κ1) is 15.7. The number of likely N-dealkylation sites (tertiary alicyclic amines) is 1. The lowest BCUT2D eigenvalue weighted by Gasteiger charge is -2.30. The fourth-order valence-electron chi connectivity index (χ4n) is 2.73. The van der Waals surface area contributed by atoms with Gasteiger partial charge >= 0.3 is 0 Å². The SMILES string of the molecule is CCNc1cc(C)nc(CN2CCC(C(=O)NC)CC2)n1. The van der Waals surface area contributed by atoms with Gasteiger partial charge in [0.05, 0.1) is 6.54 Å². The highest BCUT2D eigenvalue weighted by Crippen LogP contribution is 2.18. The minimum Gasteiger partial charge on any atom is -0.370 e. The Morgan fingerprint density at radius 3 is 2.71 bits per heavy atom. The molecule has 1 saturated heterocycles. The van der Waals surface area contributed by atoms with Gasteiger partial charge in [0.1, 0.15) is 11.6 Å². The number of piperidine rings is 1. The van der Waals surface area contributed by atoms with Crippen molar-refractivity contribution in [3.8, 4) is 0 Å². The lowest BCUT2D eigenvalue weighted by molar-refractivity contribution is -0.125. The average molecular weight is 291 g/mol. The van der Waals surface area contributed by atoms with Gasteiger partial charge in [-0.25, -0.2) is 9.97 Å². The first-order valence-corrected chi connectivity index (χ1v) is 7.64. The third-order valence-electron chi connectivity index (χ3n) is 3.83. The Morgan fingerprint density at radius 1 is 1.38 bits per heavy atom. The summed E-state index contributed by atoms with van der Waals surface area (Å²) < 4.78 is 0. The fraction of sp³-hybridized carbons (Fsp3) is 0.667. The monoisotopic (exact) mass is 291 g/mol. The van der Waals surface area contributed by atoms with Crippen molar-refractivity contribution < 1.29 is 4.79 Å². The first-order chi connectivity index (χ1) is 10.1. The van der Waals surface area contributed by atoms with Crippen molar-refractivity contribution in [2.45, 2.75) is 33.2 Å². The van der Waals surface area contributed by atoms with Crippen molar-refractivity contribution in [3.05, 3.63) is 17.6 Å². The molecule has 1 amide bonds. The van der Waals surface area contributed by atoms with Crippen LogP contribution in [0, 0.1) is 12.8 Å². The molecule has 0 spiro atoms. The molecule has 116 valence electrons. The maximum Gasteiger partial charge on any atom is 0.222 e. The van der Waals surface area contributed by atoms with Crippen molar-refractivity contribution in [2.24, 2.45) is 5.92 Å². The van der Waals surface area contributed by atoms with Crippen LogP contribution in [0.4, 0.5) is 5.82 Å². The minimum atomic E-state index is 0.155. The smallest absolute Gasteiger partial charge is 0.222 e. The highest BCUT2D eigenvalue weighted by atomic mass is 16.1. The van der Waals surface area contributed by atoms with Crippen LogP contribution in [0.2, 0.25) is 0 Å². The number of hydrogen-bond acceptors (Lipinski definition) is 5. The van der Waals surface area contributed by atoms with E-state index in [1.54, 1.807) is 7.05 Å². The number of nitrogens with one attached hydrogen (secondary N) is 2. The molecule has 2 rings (SSSR count). The van der Waals surface area contributed by atoms with Crippen LogP contribution in [0.25, 0.3) is 0 Å². The number of rotatable bonds is 5. The maximum atomic E-state index is 11.6. The number of carbonyl (C=O) groups is 1. The molecule has 2 heterocycles. The van der Waals surface area contributed by atoms with Crippen molar-refractivity contribution in [1.82, 2.24) is 20.2 Å². The average Bonchev–Trinajstić information content (AvgIpc) is 2.47. The van der Waals surface area contributed by atoms with Crippen LogP contribution in [0.5, 0.6) is 0 Å². The number of carbonyl (C=O) groups excluding carboxylic acids is 1. The summed E-state index contributed by atoms with van der Waals surface area (Å²) in [5.41, 5.74) is 0.983. The van der Waals surface area contributed by atoms with E-state index in [0.717, 1.165) is 56.4 Å². The van der Waals surface area contributed by atoms with Gasteiger partial charge in [-0.05, 0) is 39.8 Å². The Labute approximate surface area is 126 Å². The van der Waals surface area contributed by atoms with Crippen LogP contribution >= 0.6 is 0 Å². The summed E-state index contributed by atoms with van der Waals surface area (Å²) in [6, 6.07) is 1.96. The van der Waals surface area contributed by atoms with Gasteiger partial charge in [-0.3, -0.25) is 9.69 Å². The van der Waals surface area contributed by atoms with Gasteiger partial charge in [-0.15, -0.1) is 0 Å². The van der Waals surface area contributed by atoms with E-state index in [0.29, 0.717) is 0 Å². The van der Waals surface area contributed by atoms with Crippen molar-refractivity contribution in [2.75, 3.05) is 32.0 Å². The van der Waals surface area contributed by atoms with Crippen LogP contribution in [-0.2, 0) is 11.3 Å². The number of nitrogens with zero attached hydrogens (tertiary/aromatic N) is 3. The van der Waals surface area contributed by atoms with Gasteiger partial charge in [0.2, 0.25) is 5.91 Å². The summed E-state index contributed by atoms with van der Waals surface area (Å²) in [6.45, 7) is 7.50. The summed E-state index contributed by atoms with van der Waals surface area (Å²) >= 11 is 0. The van der Waals surface area contributed by atoms with E-state index < -0.39 is 0 Å². The molecule has 6 nitrogen and oxygen atoms in total. The Bertz CT molecular complexity index is 483. The number of hydrogen-bond donors (Lipinski definition) is 2. The molecule has 0 unspecified atom stereocenters. The number of amides is 1. The van der Waals surface area contributed by atoms with Crippen molar-refractivity contribution >= 4 is 11.7 Å². The predicted octanol–water partition coefficient (Wildman–Crippen LogP) is 1.17. The molecular weight excluding hydrogens is 266 g/mol. The second kappa shape index (κ2) is 7.36. The number of anilines is 1. The number of aromatic nitrogens is 2. The first-order valence-electron chi connectivity index (χ1n) is 7.64. The molecule has 1 aliphatic heterocycles. The Kier molecular flexibility index (Phi) is 5.50. The van der Waals surface area contributed by atoms with Crippen LogP contribution in [0.1, 0.15) is 31.3 Å².